The van der Waals surface area contributed by atoms with Crippen molar-refractivity contribution >= 4 is 28.9 Å². The van der Waals surface area contributed by atoms with Crippen molar-refractivity contribution in [2.45, 2.75) is 13.8 Å². The number of carbonyl (C=O) groups is 1. The molecule has 0 heterocycles. The molecule has 0 saturated carbocycles. The average molecular weight is 275 g/mol. The van der Waals surface area contributed by atoms with Gasteiger partial charge < -0.3 is 11.1 Å². The van der Waals surface area contributed by atoms with Gasteiger partial charge in [-0.25, -0.2) is 0 Å². The van der Waals surface area contributed by atoms with Gasteiger partial charge in [0.05, 0.1) is 5.56 Å². The Morgan fingerprint density at radius 2 is 1.74 bits per heavy atom. The summed E-state index contributed by atoms with van der Waals surface area (Å²) >= 11 is 5.81. The van der Waals surface area contributed by atoms with Crippen LogP contribution in [-0.4, -0.2) is 5.91 Å². The fraction of sp³-hybridized carbons (Fsp3) is 0.133. The lowest BCUT2D eigenvalue weighted by molar-refractivity contribution is 0.102. The molecule has 0 unspecified atom stereocenters. The van der Waals surface area contributed by atoms with Crippen LogP contribution < -0.4 is 11.1 Å². The van der Waals surface area contributed by atoms with Gasteiger partial charge in [-0.2, -0.15) is 0 Å². The molecule has 0 aliphatic heterocycles. The zero-order valence-corrected chi connectivity index (χ0v) is 11.6. The Labute approximate surface area is 117 Å². The standard InChI is InChI=1S/C15H15ClN2O/c1-9-5-10(2)7-12(6-9)18-15(19)13-4-3-11(16)8-14(13)17/h3-8H,17H2,1-2H3,(H,18,19). The minimum atomic E-state index is -0.237. The van der Waals surface area contributed by atoms with Crippen LogP contribution in [-0.2, 0) is 0 Å². The van der Waals surface area contributed by atoms with Crippen molar-refractivity contribution in [2.24, 2.45) is 0 Å². The lowest BCUT2D eigenvalue weighted by atomic mass is 10.1. The van der Waals surface area contributed by atoms with Gasteiger partial charge in [-0.3, -0.25) is 4.79 Å². The topological polar surface area (TPSA) is 55.1 Å². The average Bonchev–Trinajstić information content (AvgIpc) is 2.26. The highest BCUT2D eigenvalue weighted by molar-refractivity contribution is 6.31. The van der Waals surface area contributed by atoms with Gasteiger partial charge in [0.25, 0.3) is 5.91 Å². The zero-order valence-electron chi connectivity index (χ0n) is 10.8. The van der Waals surface area contributed by atoms with Crippen LogP contribution in [0.25, 0.3) is 0 Å². The summed E-state index contributed by atoms with van der Waals surface area (Å²) in [6, 6.07) is 10.7. The molecule has 1 amide bonds. The van der Waals surface area contributed by atoms with Crippen LogP contribution in [0.15, 0.2) is 36.4 Å². The van der Waals surface area contributed by atoms with E-state index in [1.807, 2.05) is 32.0 Å². The highest BCUT2D eigenvalue weighted by Gasteiger charge is 2.10. The molecular weight excluding hydrogens is 260 g/mol. The van der Waals surface area contributed by atoms with Crippen LogP contribution in [0, 0.1) is 13.8 Å². The summed E-state index contributed by atoms with van der Waals surface area (Å²) in [6.45, 7) is 3.97. The fourth-order valence-electron chi connectivity index (χ4n) is 1.99. The summed E-state index contributed by atoms with van der Waals surface area (Å²) in [4.78, 5) is 12.1. The maximum absolute atomic E-state index is 12.1. The first-order valence-corrected chi connectivity index (χ1v) is 6.28. The number of aryl methyl sites for hydroxylation is 2. The van der Waals surface area contributed by atoms with Gasteiger partial charge in [-0.15, -0.1) is 0 Å². The summed E-state index contributed by atoms with van der Waals surface area (Å²) in [5, 5.41) is 3.35. The first-order valence-electron chi connectivity index (χ1n) is 5.90. The van der Waals surface area contributed by atoms with Gasteiger partial charge in [0.1, 0.15) is 0 Å². The van der Waals surface area contributed by atoms with Gasteiger partial charge in [0, 0.05) is 16.4 Å². The number of nitrogens with one attached hydrogen (secondary N) is 1. The predicted octanol–water partition coefficient (Wildman–Crippen LogP) is 3.79. The van der Waals surface area contributed by atoms with Crippen molar-refractivity contribution in [1.82, 2.24) is 0 Å². The van der Waals surface area contributed by atoms with Crippen LogP contribution in [0.5, 0.6) is 0 Å². The van der Waals surface area contributed by atoms with Crippen LogP contribution >= 0.6 is 11.6 Å². The minimum absolute atomic E-state index is 0.237. The van der Waals surface area contributed by atoms with E-state index in [4.69, 9.17) is 17.3 Å². The monoisotopic (exact) mass is 274 g/mol. The molecule has 2 rings (SSSR count). The molecule has 2 aromatic rings. The van der Waals surface area contributed by atoms with Crippen molar-refractivity contribution in [3.63, 3.8) is 0 Å². The molecule has 3 nitrogen and oxygen atoms in total. The van der Waals surface area contributed by atoms with Crippen molar-refractivity contribution < 1.29 is 4.79 Å². The number of hydrogen-bond donors (Lipinski definition) is 2. The third kappa shape index (κ3) is 3.26. The lowest BCUT2D eigenvalue weighted by Crippen LogP contribution is -2.14. The third-order valence-corrected chi connectivity index (χ3v) is 2.97. The quantitative estimate of drug-likeness (QED) is 0.819. The van der Waals surface area contributed by atoms with Gasteiger partial charge in [-0.1, -0.05) is 17.7 Å². The largest absolute Gasteiger partial charge is 0.398 e. The molecule has 3 N–H and O–H groups in total. The molecule has 4 heteroatoms. The Bertz CT molecular complexity index is 618. The van der Waals surface area contributed by atoms with Crippen LogP contribution in [0.3, 0.4) is 0 Å². The smallest absolute Gasteiger partial charge is 0.257 e. The van der Waals surface area contributed by atoms with Crippen molar-refractivity contribution in [1.29, 1.82) is 0 Å². The second kappa shape index (κ2) is 5.33. The Morgan fingerprint density at radius 3 is 2.32 bits per heavy atom. The molecule has 0 radical (unpaired) electrons. The predicted molar refractivity (Wildman–Crippen MR) is 79.7 cm³/mol. The van der Waals surface area contributed by atoms with Crippen LogP contribution in [0.2, 0.25) is 5.02 Å². The van der Waals surface area contributed by atoms with Crippen LogP contribution in [0.4, 0.5) is 11.4 Å². The Kier molecular flexibility index (Phi) is 3.76. The minimum Gasteiger partial charge on any atom is -0.398 e. The van der Waals surface area contributed by atoms with Gasteiger partial charge in [-0.05, 0) is 55.3 Å². The number of anilines is 2. The summed E-state index contributed by atoms with van der Waals surface area (Å²) in [5.41, 5.74) is 9.53. The number of halogens is 1. The van der Waals surface area contributed by atoms with E-state index < -0.39 is 0 Å². The molecule has 0 aliphatic carbocycles. The molecule has 2 aromatic carbocycles. The highest BCUT2D eigenvalue weighted by atomic mass is 35.5. The molecule has 98 valence electrons. The molecule has 0 bridgehead atoms. The summed E-state index contributed by atoms with van der Waals surface area (Å²) in [5.74, 6) is -0.237. The highest BCUT2D eigenvalue weighted by Crippen LogP contribution is 2.20. The summed E-state index contributed by atoms with van der Waals surface area (Å²) < 4.78 is 0. The van der Waals surface area contributed by atoms with E-state index in [1.165, 1.54) is 0 Å². The Balaban J connectivity index is 2.25. The maximum Gasteiger partial charge on any atom is 0.257 e. The van der Waals surface area contributed by atoms with E-state index in [0.29, 0.717) is 16.3 Å². The van der Waals surface area contributed by atoms with Crippen molar-refractivity contribution in [3.8, 4) is 0 Å². The van der Waals surface area contributed by atoms with E-state index >= 15 is 0 Å². The zero-order chi connectivity index (χ0) is 14.0. The van der Waals surface area contributed by atoms with E-state index in [9.17, 15) is 4.79 Å². The molecular formula is C15H15ClN2O. The SMILES string of the molecule is Cc1cc(C)cc(NC(=O)c2ccc(Cl)cc2N)c1. The molecule has 0 saturated heterocycles. The van der Waals surface area contributed by atoms with E-state index in [-0.39, 0.29) is 5.91 Å². The maximum atomic E-state index is 12.1. The van der Waals surface area contributed by atoms with Crippen molar-refractivity contribution in [3.05, 3.63) is 58.1 Å². The Hall–Kier alpha value is -2.00. The van der Waals surface area contributed by atoms with Gasteiger partial charge in [0.2, 0.25) is 0 Å². The number of carbonyl (C=O) groups excluding carboxylic acids is 1. The molecule has 0 atom stereocenters. The number of benzene rings is 2. The third-order valence-electron chi connectivity index (χ3n) is 2.74. The van der Waals surface area contributed by atoms with Crippen molar-refractivity contribution in [2.75, 3.05) is 11.1 Å². The van der Waals surface area contributed by atoms with E-state index in [0.717, 1.165) is 16.8 Å². The fourth-order valence-corrected chi connectivity index (χ4v) is 2.17. The molecule has 0 fully saturated rings. The van der Waals surface area contributed by atoms with Gasteiger partial charge in [0.15, 0.2) is 0 Å². The molecule has 0 aromatic heterocycles. The second-order valence-electron chi connectivity index (χ2n) is 4.56. The van der Waals surface area contributed by atoms with E-state index in [1.54, 1.807) is 18.2 Å². The second-order valence-corrected chi connectivity index (χ2v) is 5.00. The first kappa shape index (κ1) is 13.4. The Morgan fingerprint density at radius 1 is 1.11 bits per heavy atom. The number of rotatable bonds is 2. The number of hydrogen-bond acceptors (Lipinski definition) is 2. The number of nitrogen functional groups attached to an aromatic ring is 1. The van der Waals surface area contributed by atoms with E-state index in [2.05, 4.69) is 5.32 Å². The number of nitrogens with two attached hydrogens (primary N) is 1. The van der Waals surface area contributed by atoms with Gasteiger partial charge >= 0.3 is 0 Å². The lowest BCUT2D eigenvalue weighted by Gasteiger charge is -2.09. The number of amides is 1. The summed E-state index contributed by atoms with van der Waals surface area (Å²) in [7, 11) is 0. The molecule has 19 heavy (non-hydrogen) atoms. The summed E-state index contributed by atoms with van der Waals surface area (Å²) in [6.07, 6.45) is 0. The van der Waals surface area contributed by atoms with Crippen LogP contribution in [0.1, 0.15) is 21.5 Å². The molecule has 0 spiro atoms. The normalized spacial score (nSPS) is 10.3. The first-order chi connectivity index (χ1) is 8.95. The molecule has 0 aliphatic rings.